The molecule has 3 aromatic rings. The van der Waals surface area contributed by atoms with E-state index in [-0.39, 0.29) is 5.91 Å². The lowest BCUT2D eigenvalue weighted by molar-refractivity contribution is -0.115. The minimum Gasteiger partial charge on any atom is -0.302 e. The minimum absolute atomic E-state index is 0.0672. The fraction of sp³-hybridized carbons (Fsp3) is 0.0588. The van der Waals surface area contributed by atoms with Crippen LogP contribution in [0.2, 0.25) is 0 Å². The summed E-state index contributed by atoms with van der Waals surface area (Å²) in [5, 5.41) is 5.41. The van der Waals surface area contributed by atoms with Crippen molar-refractivity contribution in [2.24, 2.45) is 0 Å². The summed E-state index contributed by atoms with van der Waals surface area (Å²) < 4.78 is 2.00. The number of amides is 1. The third-order valence-corrected chi connectivity index (χ3v) is 4.93. The Kier molecular flexibility index (Phi) is 5.25. The molecule has 0 fully saturated rings. The number of benzene rings is 2. The second-order valence-electron chi connectivity index (χ2n) is 4.90. The Morgan fingerprint density at radius 1 is 1.09 bits per heavy atom. The minimum atomic E-state index is -0.0672. The van der Waals surface area contributed by atoms with Crippen molar-refractivity contribution in [3.8, 4) is 11.3 Å². The largest absolute Gasteiger partial charge is 0.302 e. The molecule has 23 heavy (non-hydrogen) atoms. The molecule has 0 saturated heterocycles. The average molecular weight is 452 g/mol. The summed E-state index contributed by atoms with van der Waals surface area (Å²) in [4.78, 5) is 16.6. The van der Waals surface area contributed by atoms with Crippen molar-refractivity contribution in [2.45, 2.75) is 6.42 Å². The van der Waals surface area contributed by atoms with Crippen LogP contribution in [-0.2, 0) is 11.2 Å². The van der Waals surface area contributed by atoms with Crippen LogP contribution < -0.4 is 5.32 Å². The molecule has 1 aromatic heterocycles. The van der Waals surface area contributed by atoms with Crippen molar-refractivity contribution in [1.29, 1.82) is 0 Å². The highest BCUT2D eigenvalue weighted by Crippen LogP contribution is 2.27. The Labute approximate surface area is 155 Å². The molecule has 0 radical (unpaired) electrons. The van der Waals surface area contributed by atoms with Crippen LogP contribution in [0.1, 0.15) is 5.56 Å². The molecule has 116 valence electrons. The van der Waals surface area contributed by atoms with Crippen LogP contribution in [0.25, 0.3) is 11.3 Å². The molecule has 0 aliphatic rings. The summed E-state index contributed by atoms with van der Waals surface area (Å²) in [7, 11) is 0. The summed E-state index contributed by atoms with van der Waals surface area (Å²) in [6.45, 7) is 0. The van der Waals surface area contributed by atoms with E-state index in [9.17, 15) is 4.79 Å². The van der Waals surface area contributed by atoms with Gasteiger partial charge in [-0.1, -0.05) is 56.1 Å². The number of aromatic nitrogens is 1. The van der Waals surface area contributed by atoms with E-state index in [0.29, 0.717) is 11.6 Å². The standard InChI is InChI=1S/C17H12Br2N2OS/c18-13-6-4-11(5-7-13)8-16(22)21-17-20-15(10-23-17)12-2-1-3-14(19)9-12/h1-7,9-10H,8H2,(H,20,21,22). The van der Waals surface area contributed by atoms with Crippen molar-refractivity contribution in [2.75, 3.05) is 5.32 Å². The van der Waals surface area contributed by atoms with Crippen LogP contribution in [0.15, 0.2) is 62.9 Å². The predicted octanol–water partition coefficient (Wildman–Crippen LogP) is 5.52. The second kappa shape index (κ2) is 7.38. The van der Waals surface area contributed by atoms with E-state index < -0.39 is 0 Å². The quantitative estimate of drug-likeness (QED) is 0.567. The fourth-order valence-electron chi connectivity index (χ4n) is 2.06. The Balaban J connectivity index is 1.66. The van der Waals surface area contributed by atoms with Gasteiger partial charge < -0.3 is 5.32 Å². The highest BCUT2D eigenvalue weighted by molar-refractivity contribution is 9.10. The monoisotopic (exact) mass is 450 g/mol. The molecule has 2 aromatic carbocycles. The lowest BCUT2D eigenvalue weighted by atomic mass is 10.1. The SMILES string of the molecule is O=C(Cc1ccc(Br)cc1)Nc1nc(-c2cccc(Br)c2)cs1. The molecule has 1 N–H and O–H groups in total. The first-order valence-electron chi connectivity index (χ1n) is 6.86. The van der Waals surface area contributed by atoms with E-state index in [1.165, 1.54) is 11.3 Å². The third kappa shape index (κ3) is 4.50. The first-order valence-corrected chi connectivity index (χ1v) is 9.32. The van der Waals surface area contributed by atoms with Gasteiger partial charge in [0.1, 0.15) is 0 Å². The molecule has 3 nitrogen and oxygen atoms in total. The normalized spacial score (nSPS) is 10.5. The average Bonchev–Trinajstić information content (AvgIpc) is 2.98. The zero-order chi connectivity index (χ0) is 16.2. The number of thiazole rings is 1. The molecule has 0 atom stereocenters. The lowest BCUT2D eigenvalue weighted by Gasteiger charge is -2.02. The van der Waals surface area contributed by atoms with Crippen LogP contribution in [0, 0.1) is 0 Å². The first-order chi connectivity index (χ1) is 11.1. The van der Waals surface area contributed by atoms with E-state index in [4.69, 9.17) is 0 Å². The van der Waals surface area contributed by atoms with Crippen molar-refractivity contribution in [3.05, 3.63) is 68.4 Å². The molecule has 6 heteroatoms. The molecule has 1 amide bonds. The van der Waals surface area contributed by atoms with Crippen molar-refractivity contribution >= 4 is 54.2 Å². The van der Waals surface area contributed by atoms with Crippen LogP contribution in [0.5, 0.6) is 0 Å². The second-order valence-corrected chi connectivity index (χ2v) is 7.59. The van der Waals surface area contributed by atoms with Gasteiger partial charge in [-0.25, -0.2) is 4.98 Å². The summed E-state index contributed by atoms with van der Waals surface area (Å²) in [5.74, 6) is -0.0672. The van der Waals surface area contributed by atoms with Crippen LogP contribution in [-0.4, -0.2) is 10.9 Å². The van der Waals surface area contributed by atoms with Gasteiger partial charge in [0.25, 0.3) is 0 Å². The van der Waals surface area contributed by atoms with Gasteiger partial charge in [-0.15, -0.1) is 11.3 Å². The van der Waals surface area contributed by atoms with E-state index in [1.54, 1.807) is 0 Å². The maximum absolute atomic E-state index is 12.1. The van der Waals surface area contributed by atoms with Gasteiger partial charge in [0, 0.05) is 19.9 Å². The van der Waals surface area contributed by atoms with E-state index >= 15 is 0 Å². The molecule has 0 spiro atoms. The highest BCUT2D eigenvalue weighted by atomic mass is 79.9. The molecule has 0 saturated carbocycles. The number of nitrogens with one attached hydrogen (secondary N) is 1. The Hall–Kier alpha value is -1.50. The van der Waals surface area contributed by atoms with Crippen molar-refractivity contribution in [1.82, 2.24) is 4.98 Å². The number of halogens is 2. The summed E-state index contributed by atoms with van der Waals surface area (Å²) in [6, 6.07) is 15.6. The number of hydrogen-bond donors (Lipinski definition) is 1. The molecular weight excluding hydrogens is 440 g/mol. The molecule has 3 rings (SSSR count). The molecule has 0 unspecified atom stereocenters. The first kappa shape index (κ1) is 16.4. The lowest BCUT2D eigenvalue weighted by Crippen LogP contribution is -2.14. The summed E-state index contributed by atoms with van der Waals surface area (Å²) in [6.07, 6.45) is 0.332. The molecular formula is C17H12Br2N2OS. The van der Waals surface area contributed by atoms with Gasteiger partial charge in [-0.2, -0.15) is 0 Å². The van der Waals surface area contributed by atoms with Crippen LogP contribution >= 0.6 is 43.2 Å². The topological polar surface area (TPSA) is 42.0 Å². The Morgan fingerprint density at radius 3 is 2.61 bits per heavy atom. The Bertz CT molecular complexity index is 831. The third-order valence-electron chi connectivity index (χ3n) is 3.15. The smallest absolute Gasteiger partial charge is 0.230 e. The zero-order valence-electron chi connectivity index (χ0n) is 11.9. The number of hydrogen-bond acceptors (Lipinski definition) is 3. The van der Waals surface area contributed by atoms with E-state index in [2.05, 4.69) is 42.2 Å². The number of carbonyl (C=O) groups is 1. The number of carbonyl (C=O) groups excluding carboxylic acids is 1. The number of rotatable bonds is 4. The van der Waals surface area contributed by atoms with Gasteiger partial charge in [0.05, 0.1) is 12.1 Å². The van der Waals surface area contributed by atoms with Gasteiger partial charge >= 0.3 is 0 Å². The van der Waals surface area contributed by atoms with Gasteiger partial charge in [-0.05, 0) is 29.8 Å². The van der Waals surface area contributed by atoms with Crippen molar-refractivity contribution in [3.63, 3.8) is 0 Å². The van der Waals surface area contributed by atoms with Gasteiger partial charge in [-0.3, -0.25) is 4.79 Å². The number of anilines is 1. The molecule has 0 aliphatic carbocycles. The highest BCUT2D eigenvalue weighted by Gasteiger charge is 2.09. The van der Waals surface area contributed by atoms with Crippen molar-refractivity contribution < 1.29 is 4.79 Å². The van der Waals surface area contributed by atoms with E-state index in [1.807, 2.05) is 53.9 Å². The summed E-state index contributed by atoms with van der Waals surface area (Å²) >= 11 is 8.26. The molecule has 0 aliphatic heterocycles. The predicted molar refractivity (Wildman–Crippen MR) is 102 cm³/mol. The van der Waals surface area contributed by atoms with Gasteiger partial charge in [0.15, 0.2) is 5.13 Å². The maximum Gasteiger partial charge on any atom is 0.230 e. The molecule has 1 heterocycles. The van der Waals surface area contributed by atoms with Crippen LogP contribution in [0.4, 0.5) is 5.13 Å². The zero-order valence-corrected chi connectivity index (χ0v) is 15.9. The van der Waals surface area contributed by atoms with E-state index in [0.717, 1.165) is 25.8 Å². The fourth-order valence-corrected chi connectivity index (χ4v) is 3.46. The Morgan fingerprint density at radius 2 is 1.87 bits per heavy atom. The van der Waals surface area contributed by atoms with Gasteiger partial charge in [0.2, 0.25) is 5.91 Å². The van der Waals surface area contributed by atoms with Crippen LogP contribution in [0.3, 0.4) is 0 Å². The maximum atomic E-state index is 12.1. The molecule has 0 bridgehead atoms. The number of nitrogens with zero attached hydrogens (tertiary/aromatic N) is 1. The summed E-state index contributed by atoms with van der Waals surface area (Å²) in [5.41, 5.74) is 2.84.